The van der Waals surface area contributed by atoms with E-state index in [0.717, 1.165) is 18.8 Å². The van der Waals surface area contributed by atoms with E-state index in [2.05, 4.69) is 10.6 Å². The molecule has 0 atom stereocenters. The molecule has 25 heavy (non-hydrogen) atoms. The Hall–Kier alpha value is -1.91. The highest BCUT2D eigenvalue weighted by molar-refractivity contribution is 5.94. The zero-order valence-corrected chi connectivity index (χ0v) is 15.1. The molecule has 0 saturated heterocycles. The first-order valence-electron chi connectivity index (χ1n) is 9.37. The van der Waals surface area contributed by atoms with Crippen LogP contribution in [0.1, 0.15) is 67.3 Å². The molecule has 1 aromatic rings. The average Bonchev–Trinajstić information content (AvgIpc) is 2.62. The smallest absolute Gasteiger partial charge is 0.251 e. The number of hydrogen-bond acceptors (Lipinski definition) is 2. The molecule has 2 rings (SSSR count). The number of nitrogens with one attached hydrogen (secondary N) is 2. The highest BCUT2D eigenvalue weighted by Crippen LogP contribution is 2.27. The van der Waals surface area contributed by atoms with Gasteiger partial charge in [-0.25, -0.2) is 4.39 Å². The van der Waals surface area contributed by atoms with E-state index in [1.54, 1.807) is 19.1 Å². The molecule has 2 N–H and O–H groups in total. The molecule has 0 unspecified atom stereocenters. The topological polar surface area (TPSA) is 58.2 Å². The molecule has 0 aliphatic heterocycles. The Balaban J connectivity index is 1.56. The van der Waals surface area contributed by atoms with Gasteiger partial charge in [0.2, 0.25) is 5.91 Å². The third-order valence-corrected chi connectivity index (χ3v) is 4.91. The molecule has 2 amide bonds. The van der Waals surface area contributed by atoms with Crippen molar-refractivity contribution in [1.82, 2.24) is 10.6 Å². The third kappa shape index (κ3) is 6.85. The van der Waals surface area contributed by atoms with Gasteiger partial charge in [0, 0.05) is 25.1 Å². The number of aryl methyl sites for hydroxylation is 1. The van der Waals surface area contributed by atoms with Crippen molar-refractivity contribution >= 4 is 11.8 Å². The maximum Gasteiger partial charge on any atom is 0.251 e. The van der Waals surface area contributed by atoms with E-state index < -0.39 is 0 Å². The summed E-state index contributed by atoms with van der Waals surface area (Å²) in [6, 6.07) is 4.41. The first-order valence-corrected chi connectivity index (χ1v) is 9.37. The Morgan fingerprint density at radius 3 is 2.56 bits per heavy atom. The van der Waals surface area contributed by atoms with Crippen LogP contribution in [0.2, 0.25) is 0 Å². The fourth-order valence-corrected chi connectivity index (χ4v) is 3.33. The predicted octanol–water partition coefficient (Wildman–Crippen LogP) is 3.73. The summed E-state index contributed by atoms with van der Waals surface area (Å²) < 4.78 is 13.4. The van der Waals surface area contributed by atoms with Gasteiger partial charge < -0.3 is 10.6 Å². The molecule has 1 aliphatic rings. The number of benzene rings is 1. The second-order valence-corrected chi connectivity index (χ2v) is 6.97. The van der Waals surface area contributed by atoms with Crippen LogP contribution >= 0.6 is 0 Å². The number of rotatable bonds is 8. The molecule has 0 bridgehead atoms. The molecule has 1 fully saturated rings. The van der Waals surface area contributed by atoms with Gasteiger partial charge in [-0.05, 0) is 43.4 Å². The Kier molecular flexibility index (Phi) is 7.89. The maximum absolute atomic E-state index is 13.4. The number of carbonyl (C=O) groups is 2. The molecule has 1 aromatic carbocycles. The second-order valence-electron chi connectivity index (χ2n) is 6.97. The maximum atomic E-state index is 13.4. The SMILES string of the molecule is Cc1ccc(C(=O)NCCNC(=O)CCCC2CCCCC2)cc1F. The quantitative estimate of drug-likeness (QED) is 0.703. The lowest BCUT2D eigenvalue weighted by molar-refractivity contribution is -0.121. The molecule has 138 valence electrons. The first kappa shape index (κ1) is 19.4. The summed E-state index contributed by atoms with van der Waals surface area (Å²) in [4.78, 5) is 23.7. The van der Waals surface area contributed by atoms with Crippen molar-refractivity contribution in [3.63, 3.8) is 0 Å². The van der Waals surface area contributed by atoms with Crippen molar-refractivity contribution in [2.24, 2.45) is 5.92 Å². The average molecular weight is 348 g/mol. The summed E-state index contributed by atoms with van der Waals surface area (Å²) >= 11 is 0. The van der Waals surface area contributed by atoms with Crippen molar-refractivity contribution in [2.75, 3.05) is 13.1 Å². The summed E-state index contributed by atoms with van der Waals surface area (Å²) in [5.74, 6) is 0.117. The van der Waals surface area contributed by atoms with Gasteiger partial charge in [-0.15, -0.1) is 0 Å². The van der Waals surface area contributed by atoms with Crippen LogP contribution in [-0.4, -0.2) is 24.9 Å². The van der Waals surface area contributed by atoms with E-state index >= 15 is 0 Å². The minimum Gasteiger partial charge on any atom is -0.354 e. The molecule has 0 radical (unpaired) electrons. The molecule has 5 heteroatoms. The van der Waals surface area contributed by atoms with E-state index in [1.807, 2.05) is 0 Å². The molecular formula is C20H29FN2O2. The number of carbonyl (C=O) groups excluding carboxylic acids is 2. The first-order chi connectivity index (χ1) is 12.1. The van der Waals surface area contributed by atoms with E-state index in [-0.39, 0.29) is 17.6 Å². The molecule has 0 aromatic heterocycles. The van der Waals surface area contributed by atoms with E-state index in [4.69, 9.17) is 0 Å². The van der Waals surface area contributed by atoms with Crippen LogP contribution in [0.25, 0.3) is 0 Å². The van der Waals surface area contributed by atoms with Crippen molar-refractivity contribution in [3.05, 3.63) is 35.1 Å². The molecular weight excluding hydrogens is 319 g/mol. The van der Waals surface area contributed by atoms with Crippen LogP contribution in [0.5, 0.6) is 0 Å². The Morgan fingerprint density at radius 1 is 1.12 bits per heavy atom. The molecule has 1 aliphatic carbocycles. The lowest BCUT2D eigenvalue weighted by Crippen LogP contribution is -2.34. The highest BCUT2D eigenvalue weighted by Gasteiger charge is 2.13. The van der Waals surface area contributed by atoms with Crippen molar-refractivity contribution in [1.29, 1.82) is 0 Å². The van der Waals surface area contributed by atoms with Crippen LogP contribution in [-0.2, 0) is 4.79 Å². The minimum atomic E-state index is -0.390. The number of halogens is 1. The van der Waals surface area contributed by atoms with Crippen molar-refractivity contribution < 1.29 is 14.0 Å². The van der Waals surface area contributed by atoms with Gasteiger partial charge in [-0.2, -0.15) is 0 Å². The summed E-state index contributed by atoms with van der Waals surface area (Å²) in [6.07, 6.45) is 9.28. The zero-order chi connectivity index (χ0) is 18.1. The monoisotopic (exact) mass is 348 g/mol. The van der Waals surface area contributed by atoms with Gasteiger partial charge >= 0.3 is 0 Å². The zero-order valence-electron chi connectivity index (χ0n) is 15.1. The van der Waals surface area contributed by atoms with Crippen molar-refractivity contribution in [3.8, 4) is 0 Å². The van der Waals surface area contributed by atoms with Gasteiger partial charge in [0.1, 0.15) is 5.82 Å². The fourth-order valence-electron chi connectivity index (χ4n) is 3.33. The summed E-state index contributed by atoms with van der Waals surface area (Å²) in [5.41, 5.74) is 0.805. The van der Waals surface area contributed by atoms with Crippen LogP contribution in [0.15, 0.2) is 18.2 Å². The highest BCUT2D eigenvalue weighted by atomic mass is 19.1. The van der Waals surface area contributed by atoms with Gasteiger partial charge in [0.05, 0.1) is 0 Å². The predicted molar refractivity (Wildman–Crippen MR) is 96.9 cm³/mol. The van der Waals surface area contributed by atoms with Gasteiger partial charge in [0.25, 0.3) is 5.91 Å². The molecule has 4 nitrogen and oxygen atoms in total. The Bertz CT molecular complexity index is 583. The molecule has 1 saturated carbocycles. The summed E-state index contributed by atoms with van der Waals surface area (Å²) in [5, 5.41) is 5.51. The molecule has 0 heterocycles. The number of amides is 2. The van der Waals surface area contributed by atoms with Gasteiger partial charge in [-0.1, -0.05) is 38.2 Å². The summed E-state index contributed by atoms with van der Waals surface area (Å²) in [7, 11) is 0. The van der Waals surface area contributed by atoms with E-state index in [1.165, 1.54) is 38.2 Å². The lowest BCUT2D eigenvalue weighted by atomic mass is 9.86. The molecule has 0 spiro atoms. The van der Waals surface area contributed by atoms with Crippen LogP contribution < -0.4 is 10.6 Å². The standard InChI is InChI=1S/C20H29FN2O2/c1-15-10-11-17(14-18(15)21)20(25)23-13-12-22-19(24)9-5-8-16-6-3-2-4-7-16/h10-11,14,16H,2-9,12-13H2,1H3,(H,22,24)(H,23,25). The lowest BCUT2D eigenvalue weighted by Gasteiger charge is -2.21. The minimum absolute atomic E-state index is 0.0337. The van der Waals surface area contributed by atoms with Gasteiger partial charge in [0.15, 0.2) is 0 Å². The summed E-state index contributed by atoms with van der Waals surface area (Å²) in [6.45, 7) is 2.38. The Morgan fingerprint density at radius 2 is 1.84 bits per heavy atom. The number of hydrogen-bond donors (Lipinski definition) is 2. The van der Waals surface area contributed by atoms with Crippen LogP contribution in [0.4, 0.5) is 4.39 Å². The normalized spacial score (nSPS) is 15.0. The second kappa shape index (κ2) is 10.2. The van der Waals surface area contributed by atoms with Crippen molar-refractivity contribution in [2.45, 2.75) is 58.3 Å². The van der Waals surface area contributed by atoms with Crippen LogP contribution in [0, 0.1) is 18.7 Å². The van der Waals surface area contributed by atoms with E-state index in [0.29, 0.717) is 30.6 Å². The largest absolute Gasteiger partial charge is 0.354 e. The Labute approximate surface area is 149 Å². The van der Waals surface area contributed by atoms with E-state index in [9.17, 15) is 14.0 Å². The third-order valence-electron chi connectivity index (χ3n) is 4.91. The van der Waals surface area contributed by atoms with Gasteiger partial charge in [-0.3, -0.25) is 9.59 Å². The van der Waals surface area contributed by atoms with Crippen LogP contribution in [0.3, 0.4) is 0 Å². The fraction of sp³-hybridized carbons (Fsp3) is 0.600.